The third-order valence-electron chi connectivity index (χ3n) is 2.39. The molecule has 0 aliphatic rings. The second-order valence-electron chi connectivity index (χ2n) is 4.59. The molecule has 3 nitrogen and oxygen atoms in total. The van der Waals surface area contributed by atoms with Gasteiger partial charge in [0.05, 0.1) is 0 Å². The van der Waals surface area contributed by atoms with Crippen LogP contribution in [-0.2, 0) is 6.54 Å². The maximum absolute atomic E-state index is 9.39. The molecule has 0 atom stereocenters. The summed E-state index contributed by atoms with van der Waals surface area (Å²) in [6.45, 7) is 7.86. The Bertz CT molecular complexity index is 313. The molecule has 90 valence electrons. The van der Waals surface area contributed by atoms with Crippen molar-refractivity contribution < 1.29 is 5.11 Å². The van der Waals surface area contributed by atoms with Gasteiger partial charge in [-0.3, -0.25) is 4.90 Å². The first-order valence-corrected chi connectivity index (χ1v) is 5.82. The SMILES string of the molecule is CC(C)CN(CCN)Cc1cccc(O)c1. The summed E-state index contributed by atoms with van der Waals surface area (Å²) in [5.74, 6) is 0.957. The lowest BCUT2D eigenvalue weighted by Gasteiger charge is -2.23. The van der Waals surface area contributed by atoms with Gasteiger partial charge in [0.25, 0.3) is 0 Å². The molecule has 1 rings (SSSR count). The number of phenols is 1. The van der Waals surface area contributed by atoms with E-state index in [1.807, 2.05) is 18.2 Å². The lowest BCUT2D eigenvalue weighted by Crippen LogP contribution is -2.32. The fourth-order valence-electron chi connectivity index (χ4n) is 1.85. The second-order valence-corrected chi connectivity index (χ2v) is 4.59. The average molecular weight is 222 g/mol. The van der Waals surface area contributed by atoms with Crippen LogP contribution < -0.4 is 5.73 Å². The number of hydrogen-bond donors (Lipinski definition) is 2. The number of aromatic hydroxyl groups is 1. The molecule has 0 fully saturated rings. The molecule has 0 amide bonds. The zero-order valence-corrected chi connectivity index (χ0v) is 10.2. The van der Waals surface area contributed by atoms with Crippen LogP contribution in [0.1, 0.15) is 19.4 Å². The van der Waals surface area contributed by atoms with Crippen LogP contribution in [0.5, 0.6) is 5.75 Å². The molecule has 0 bridgehead atoms. The van der Waals surface area contributed by atoms with Crippen molar-refractivity contribution in [2.24, 2.45) is 11.7 Å². The lowest BCUT2D eigenvalue weighted by molar-refractivity contribution is 0.242. The lowest BCUT2D eigenvalue weighted by atomic mass is 10.1. The highest BCUT2D eigenvalue weighted by Gasteiger charge is 2.07. The van der Waals surface area contributed by atoms with Gasteiger partial charge in [0.1, 0.15) is 5.75 Å². The van der Waals surface area contributed by atoms with Gasteiger partial charge in [-0.1, -0.05) is 26.0 Å². The summed E-state index contributed by atoms with van der Waals surface area (Å²) < 4.78 is 0. The van der Waals surface area contributed by atoms with E-state index in [0.717, 1.165) is 25.2 Å². The number of nitrogens with zero attached hydrogens (tertiary/aromatic N) is 1. The van der Waals surface area contributed by atoms with E-state index in [-0.39, 0.29) is 0 Å². The Kier molecular flexibility index (Phi) is 5.29. The first kappa shape index (κ1) is 13.0. The summed E-state index contributed by atoms with van der Waals surface area (Å²) in [5.41, 5.74) is 6.73. The predicted molar refractivity (Wildman–Crippen MR) is 67.3 cm³/mol. The van der Waals surface area contributed by atoms with Gasteiger partial charge in [-0.25, -0.2) is 0 Å². The molecule has 16 heavy (non-hydrogen) atoms. The van der Waals surface area contributed by atoms with Crippen LogP contribution in [0.15, 0.2) is 24.3 Å². The summed E-state index contributed by atoms with van der Waals surface area (Å²) in [6.07, 6.45) is 0. The van der Waals surface area contributed by atoms with E-state index in [2.05, 4.69) is 18.7 Å². The fraction of sp³-hybridized carbons (Fsp3) is 0.538. The van der Waals surface area contributed by atoms with Crippen molar-refractivity contribution in [1.82, 2.24) is 4.90 Å². The second kappa shape index (κ2) is 6.51. The van der Waals surface area contributed by atoms with Crippen molar-refractivity contribution in [1.29, 1.82) is 0 Å². The predicted octanol–water partition coefficient (Wildman–Crippen LogP) is 1.81. The third-order valence-corrected chi connectivity index (χ3v) is 2.39. The van der Waals surface area contributed by atoms with Crippen LogP contribution in [0.3, 0.4) is 0 Å². The number of rotatable bonds is 6. The Morgan fingerprint density at radius 1 is 1.38 bits per heavy atom. The monoisotopic (exact) mass is 222 g/mol. The summed E-state index contributed by atoms with van der Waals surface area (Å²) in [4.78, 5) is 2.32. The van der Waals surface area contributed by atoms with Gasteiger partial charge in [-0.2, -0.15) is 0 Å². The van der Waals surface area contributed by atoms with Crippen LogP contribution in [0, 0.1) is 5.92 Å². The molecular formula is C13H22N2O. The minimum Gasteiger partial charge on any atom is -0.508 e. The van der Waals surface area contributed by atoms with E-state index in [4.69, 9.17) is 5.73 Å². The van der Waals surface area contributed by atoms with Crippen molar-refractivity contribution in [2.45, 2.75) is 20.4 Å². The van der Waals surface area contributed by atoms with Crippen LogP contribution in [0.4, 0.5) is 0 Å². The summed E-state index contributed by atoms with van der Waals surface area (Å²) in [5, 5.41) is 9.39. The maximum atomic E-state index is 9.39. The summed E-state index contributed by atoms with van der Waals surface area (Å²) in [6, 6.07) is 7.41. The zero-order valence-electron chi connectivity index (χ0n) is 10.2. The molecule has 1 aromatic carbocycles. The first-order chi connectivity index (χ1) is 7.61. The topological polar surface area (TPSA) is 49.5 Å². The molecule has 3 N–H and O–H groups in total. The fourth-order valence-corrected chi connectivity index (χ4v) is 1.85. The van der Waals surface area contributed by atoms with E-state index in [9.17, 15) is 5.11 Å². The smallest absolute Gasteiger partial charge is 0.115 e. The number of benzene rings is 1. The largest absolute Gasteiger partial charge is 0.508 e. The summed E-state index contributed by atoms with van der Waals surface area (Å²) in [7, 11) is 0. The Labute approximate surface area is 97.9 Å². The minimum atomic E-state index is 0.328. The Balaban J connectivity index is 2.60. The van der Waals surface area contributed by atoms with Gasteiger partial charge in [0.2, 0.25) is 0 Å². The molecule has 0 heterocycles. The van der Waals surface area contributed by atoms with Crippen LogP contribution >= 0.6 is 0 Å². The summed E-state index contributed by atoms with van der Waals surface area (Å²) >= 11 is 0. The van der Waals surface area contributed by atoms with E-state index < -0.39 is 0 Å². The molecule has 0 saturated heterocycles. The molecule has 1 aromatic rings. The van der Waals surface area contributed by atoms with E-state index in [1.165, 1.54) is 0 Å². The molecular weight excluding hydrogens is 200 g/mol. The minimum absolute atomic E-state index is 0.328. The molecule has 0 aliphatic carbocycles. The Hall–Kier alpha value is -1.06. The van der Waals surface area contributed by atoms with Crippen molar-refractivity contribution in [3.63, 3.8) is 0 Å². The highest BCUT2D eigenvalue weighted by Crippen LogP contribution is 2.13. The molecule has 0 unspecified atom stereocenters. The van der Waals surface area contributed by atoms with Crippen molar-refractivity contribution >= 4 is 0 Å². The first-order valence-electron chi connectivity index (χ1n) is 5.82. The number of phenolic OH excluding ortho intramolecular Hbond substituents is 1. The van der Waals surface area contributed by atoms with E-state index in [0.29, 0.717) is 18.2 Å². The normalized spacial score (nSPS) is 11.3. The Morgan fingerprint density at radius 2 is 2.12 bits per heavy atom. The molecule has 0 aromatic heterocycles. The van der Waals surface area contributed by atoms with Crippen LogP contribution in [-0.4, -0.2) is 29.6 Å². The average Bonchev–Trinajstić information content (AvgIpc) is 2.16. The highest BCUT2D eigenvalue weighted by molar-refractivity contribution is 5.26. The van der Waals surface area contributed by atoms with E-state index in [1.54, 1.807) is 6.07 Å². The van der Waals surface area contributed by atoms with Crippen LogP contribution in [0.2, 0.25) is 0 Å². The van der Waals surface area contributed by atoms with Gasteiger partial charge in [-0.05, 0) is 23.6 Å². The Morgan fingerprint density at radius 3 is 2.69 bits per heavy atom. The third kappa shape index (κ3) is 4.64. The number of hydrogen-bond acceptors (Lipinski definition) is 3. The van der Waals surface area contributed by atoms with Crippen LogP contribution in [0.25, 0.3) is 0 Å². The van der Waals surface area contributed by atoms with Gasteiger partial charge in [-0.15, -0.1) is 0 Å². The van der Waals surface area contributed by atoms with Crippen molar-refractivity contribution in [2.75, 3.05) is 19.6 Å². The quantitative estimate of drug-likeness (QED) is 0.771. The van der Waals surface area contributed by atoms with Crippen molar-refractivity contribution in [3.05, 3.63) is 29.8 Å². The molecule has 3 heteroatoms. The molecule has 0 radical (unpaired) electrons. The van der Waals surface area contributed by atoms with E-state index >= 15 is 0 Å². The van der Waals surface area contributed by atoms with Gasteiger partial charge in [0.15, 0.2) is 0 Å². The highest BCUT2D eigenvalue weighted by atomic mass is 16.3. The number of nitrogens with two attached hydrogens (primary N) is 1. The van der Waals surface area contributed by atoms with Gasteiger partial charge in [0, 0.05) is 26.2 Å². The molecule has 0 aliphatic heterocycles. The maximum Gasteiger partial charge on any atom is 0.115 e. The molecule has 0 saturated carbocycles. The zero-order chi connectivity index (χ0) is 12.0. The van der Waals surface area contributed by atoms with Gasteiger partial charge < -0.3 is 10.8 Å². The molecule has 0 spiro atoms. The van der Waals surface area contributed by atoms with Gasteiger partial charge >= 0.3 is 0 Å². The standard InChI is InChI=1S/C13H22N2O/c1-11(2)9-15(7-6-14)10-12-4-3-5-13(16)8-12/h3-5,8,11,16H,6-7,9-10,14H2,1-2H3. The van der Waals surface area contributed by atoms with Crippen molar-refractivity contribution in [3.8, 4) is 5.75 Å².